The highest BCUT2D eigenvalue weighted by Gasteiger charge is 2.46. The molecule has 2 aliphatic rings. The first-order valence-corrected chi connectivity index (χ1v) is 13.4. The maximum atomic E-state index is 14.9. The van der Waals surface area contributed by atoms with E-state index in [2.05, 4.69) is 4.90 Å². The molecule has 0 unspecified atom stereocenters. The van der Waals surface area contributed by atoms with Gasteiger partial charge in [0, 0.05) is 51.4 Å². The van der Waals surface area contributed by atoms with Gasteiger partial charge in [0.15, 0.2) is 0 Å². The molecule has 0 radical (unpaired) electrons. The molecule has 1 amide bonds. The lowest BCUT2D eigenvalue weighted by Crippen LogP contribution is -2.39. The third kappa shape index (κ3) is 5.45. The quantitative estimate of drug-likeness (QED) is 0.316. The van der Waals surface area contributed by atoms with Crippen molar-refractivity contribution in [2.45, 2.75) is 17.4 Å². The first kappa shape index (κ1) is 26.9. The highest BCUT2D eigenvalue weighted by molar-refractivity contribution is 7.89. The number of sulfonamides is 1. The Kier molecular flexibility index (Phi) is 8.08. The van der Waals surface area contributed by atoms with Crippen LogP contribution in [0.4, 0.5) is 4.39 Å². The molecular formula is C26H30FN3O6S. The number of hydrogen-bond acceptors (Lipinski definition) is 7. The van der Waals surface area contributed by atoms with E-state index in [9.17, 15) is 27.5 Å². The number of hydrogen-bond donors (Lipinski definition) is 1. The van der Waals surface area contributed by atoms with Crippen LogP contribution >= 0.6 is 0 Å². The van der Waals surface area contributed by atoms with Crippen LogP contribution in [0.2, 0.25) is 0 Å². The van der Waals surface area contributed by atoms with Crippen LogP contribution in [0.5, 0.6) is 0 Å². The molecular weight excluding hydrogens is 501 g/mol. The van der Waals surface area contributed by atoms with Crippen molar-refractivity contribution in [1.29, 1.82) is 0 Å². The second kappa shape index (κ2) is 11.1. The van der Waals surface area contributed by atoms with E-state index in [0.717, 1.165) is 17.4 Å². The monoisotopic (exact) mass is 531 g/mol. The third-order valence-electron chi connectivity index (χ3n) is 6.62. The van der Waals surface area contributed by atoms with Crippen molar-refractivity contribution in [1.82, 2.24) is 14.1 Å². The van der Waals surface area contributed by atoms with Gasteiger partial charge in [0.1, 0.15) is 11.6 Å². The summed E-state index contributed by atoms with van der Waals surface area (Å²) >= 11 is 0. The number of nitrogens with zero attached hydrogens (tertiary/aromatic N) is 3. The van der Waals surface area contributed by atoms with Crippen LogP contribution in [-0.2, 0) is 24.3 Å². The van der Waals surface area contributed by atoms with Crippen LogP contribution < -0.4 is 0 Å². The number of carbonyl (C=O) groups is 2. The van der Waals surface area contributed by atoms with Crippen molar-refractivity contribution < 1.29 is 32.2 Å². The normalized spacial score (nSPS) is 20.6. The molecule has 2 aromatic carbocycles. The third-order valence-corrected chi connectivity index (χ3v) is 8.45. The van der Waals surface area contributed by atoms with Crippen LogP contribution in [0, 0.1) is 5.82 Å². The van der Waals surface area contributed by atoms with Crippen LogP contribution in [0.15, 0.2) is 59.0 Å². The summed E-state index contributed by atoms with van der Waals surface area (Å²) in [6, 6.07) is 10.1. The minimum Gasteiger partial charge on any atom is -0.507 e. The second-order valence-corrected chi connectivity index (χ2v) is 11.3. The predicted octanol–water partition coefficient (Wildman–Crippen LogP) is 2.22. The second-order valence-electron chi connectivity index (χ2n) is 9.13. The van der Waals surface area contributed by atoms with Gasteiger partial charge in [0.05, 0.1) is 29.7 Å². The SMILES string of the molecule is CN(C)S(=O)(=O)c1ccc(C(O)=C2C(=O)C(=O)N(CCCN3CCOCC3)[C@H]2c2ccccc2F)cc1. The van der Waals surface area contributed by atoms with Crippen molar-refractivity contribution in [2.24, 2.45) is 0 Å². The number of aliphatic hydroxyl groups excluding tert-OH is 1. The Morgan fingerprint density at radius 3 is 2.32 bits per heavy atom. The average molecular weight is 532 g/mol. The van der Waals surface area contributed by atoms with Gasteiger partial charge in [-0.05, 0) is 36.8 Å². The van der Waals surface area contributed by atoms with E-state index in [0.29, 0.717) is 26.2 Å². The molecule has 1 atom stereocenters. The maximum Gasteiger partial charge on any atom is 0.295 e. The number of benzene rings is 2. The predicted molar refractivity (Wildman–Crippen MR) is 135 cm³/mol. The molecule has 11 heteroatoms. The van der Waals surface area contributed by atoms with Crippen LogP contribution in [0.25, 0.3) is 5.76 Å². The molecule has 0 spiro atoms. The largest absolute Gasteiger partial charge is 0.507 e. The van der Waals surface area contributed by atoms with E-state index in [1.165, 1.54) is 61.5 Å². The smallest absolute Gasteiger partial charge is 0.295 e. The Bertz CT molecular complexity index is 1300. The number of aliphatic hydroxyl groups is 1. The summed E-state index contributed by atoms with van der Waals surface area (Å²) in [5.41, 5.74) is 0.0106. The Balaban J connectivity index is 1.69. The van der Waals surface area contributed by atoms with Gasteiger partial charge in [-0.15, -0.1) is 0 Å². The number of carbonyl (C=O) groups excluding carboxylic acids is 2. The standard InChI is InChI=1S/C26H30FN3O6S/c1-28(2)37(34,35)19-10-8-18(9-11-19)24(31)22-23(20-6-3-4-7-21(20)27)30(26(33)25(22)32)13-5-12-29-14-16-36-17-15-29/h3-4,6-11,23,31H,5,12-17H2,1-2H3/t23-/m0/s1. The van der Waals surface area contributed by atoms with Crippen molar-refractivity contribution in [3.63, 3.8) is 0 Å². The Morgan fingerprint density at radius 1 is 1.05 bits per heavy atom. The Morgan fingerprint density at radius 2 is 1.70 bits per heavy atom. The summed E-state index contributed by atoms with van der Waals surface area (Å²) < 4.78 is 46.1. The molecule has 2 saturated heterocycles. The number of halogens is 1. The summed E-state index contributed by atoms with van der Waals surface area (Å²) in [5.74, 6) is -2.83. The van der Waals surface area contributed by atoms with Gasteiger partial charge in [-0.1, -0.05) is 18.2 Å². The molecule has 2 aromatic rings. The molecule has 0 aliphatic carbocycles. The summed E-state index contributed by atoms with van der Waals surface area (Å²) in [4.78, 5) is 29.7. The van der Waals surface area contributed by atoms with Crippen molar-refractivity contribution in [2.75, 3.05) is 53.5 Å². The van der Waals surface area contributed by atoms with Crippen molar-refractivity contribution in [3.05, 3.63) is 71.0 Å². The lowest BCUT2D eigenvalue weighted by atomic mass is 9.95. The minimum absolute atomic E-state index is 0.00303. The first-order valence-electron chi connectivity index (χ1n) is 12.0. The first-order chi connectivity index (χ1) is 17.6. The van der Waals surface area contributed by atoms with Gasteiger partial charge in [0.25, 0.3) is 11.7 Å². The Labute approximate surface area is 215 Å². The molecule has 198 valence electrons. The van der Waals surface area contributed by atoms with Crippen LogP contribution in [0.3, 0.4) is 0 Å². The minimum atomic E-state index is -3.70. The van der Waals surface area contributed by atoms with Gasteiger partial charge in [0.2, 0.25) is 10.0 Å². The van der Waals surface area contributed by atoms with Crippen molar-refractivity contribution >= 4 is 27.5 Å². The molecule has 9 nitrogen and oxygen atoms in total. The van der Waals surface area contributed by atoms with E-state index in [1.54, 1.807) is 6.07 Å². The number of amides is 1. The van der Waals surface area contributed by atoms with E-state index in [1.807, 2.05) is 0 Å². The van der Waals surface area contributed by atoms with Gasteiger partial charge >= 0.3 is 0 Å². The topological polar surface area (TPSA) is 107 Å². The zero-order valence-corrected chi connectivity index (χ0v) is 21.6. The molecule has 37 heavy (non-hydrogen) atoms. The van der Waals surface area contributed by atoms with E-state index in [-0.39, 0.29) is 28.1 Å². The van der Waals surface area contributed by atoms with E-state index in [4.69, 9.17) is 4.74 Å². The lowest BCUT2D eigenvalue weighted by Gasteiger charge is -2.29. The fourth-order valence-electron chi connectivity index (χ4n) is 4.57. The number of ether oxygens (including phenoxy) is 1. The molecule has 0 saturated carbocycles. The van der Waals surface area contributed by atoms with Crippen LogP contribution in [-0.4, -0.2) is 92.8 Å². The molecule has 2 aliphatic heterocycles. The molecule has 2 fully saturated rings. The molecule has 4 rings (SSSR count). The Hall–Kier alpha value is -3.12. The number of Topliss-reactive ketones (excluding diaryl/α,β-unsaturated/α-hetero) is 1. The zero-order valence-electron chi connectivity index (χ0n) is 20.8. The zero-order chi connectivity index (χ0) is 26.7. The summed E-state index contributed by atoms with van der Waals surface area (Å²) in [6.07, 6.45) is 0.551. The van der Waals surface area contributed by atoms with E-state index < -0.39 is 39.3 Å². The maximum absolute atomic E-state index is 14.9. The van der Waals surface area contributed by atoms with Gasteiger partial charge in [-0.25, -0.2) is 17.1 Å². The molecule has 0 aromatic heterocycles. The summed E-state index contributed by atoms with van der Waals surface area (Å²) in [7, 11) is -0.899. The molecule has 2 heterocycles. The van der Waals surface area contributed by atoms with Crippen LogP contribution in [0.1, 0.15) is 23.6 Å². The average Bonchev–Trinajstić information content (AvgIpc) is 3.14. The fourth-order valence-corrected chi connectivity index (χ4v) is 5.47. The van der Waals surface area contributed by atoms with E-state index >= 15 is 0 Å². The van der Waals surface area contributed by atoms with Gasteiger partial charge in [-0.2, -0.15) is 0 Å². The lowest BCUT2D eigenvalue weighted by molar-refractivity contribution is -0.140. The number of morpholine rings is 1. The molecule has 1 N–H and O–H groups in total. The van der Waals surface area contributed by atoms with Gasteiger partial charge < -0.3 is 14.7 Å². The fraction of sp³-hybridized carbons (Fsp3) is 0.385. The van der Waals surface area contributed by atoms with Gasteiger partial charge in [-0.3, -0.25) is 14.5 Å². The number of rotatable bonds is 8. The highest BCUT2D eigenvalue weighted by Crippen LogP contribution is 2.40. The number of ketones is 1. The summed E-state index contributed by atoms with van der Waals surface area (Å²) in [5, 5.41) is 11.2. The highest BCUT2D eigenvalue weighted by atomic mass is 32.2. The van der Waals surface area contributed by atoms with Crippen molar-refractivity contribution in [3.8, 4) is 0 Å². The summed E-state index contributed by atoms with van der Waals surface area (Å²) in [6.45, 7) is 3.68. The number of likely N-dealkylation sites (tertiary alicyclic amines) is 1. The molecule has 0 bridgehead atoms.